The lowest BCUT2D eigenvalue weighted by molar-refractivity contribution is -0.131. The summed E-state index contributed by atoms with van der Waals surface area (Å²) in [4.78, 5) is 27.0. The molecule has 1 unspecified atom stereocenters. The average molecular weight is 463 g/mol. The molecule has 0 bridgehead atoms. The monoisotopic (exact) mass is 462 g/mol. The van der Waals surface area contributed by atoms with Crippen molar-refractivity contribution in [1.29, 1.82) is 0 Å². The summed E-state index contributed by atoms with van der Waals surface area (Å²) < 4.78 is 1.92. The number of carbonyl (C=O) groups is 1. The third kappa shape index (κ3) is 5.40. The van der Waals surface area contributed by atoms with Gasteiger partial charge in [0.05, 0.1) is 17.3 Å². The van der Waals surface area contributed by atoms with Crippen LogP contribution in [-0.2, 0) is 4.79 Å². The highest BCUT2D eigenvalue weighted by Crippen LogP contribution is 2.29. The molecule has 1 fully saturated rings. The number of amides is 1. The van der Waals surface area contributed by atoms with Gasteiger partial charge in [-0.1, -0.05) is 64.7 Å². The Kier molecular flexibility index (Phi) is 8.14. The Morgan fingerprint density at radius 1 is 0.971 bits per heavy atom. The molecule has 1 saturated heterocycles. The van der Waals surface area contributed by atoms with E-state index in [2.05, 4.69) is 30.8 Å². The summed E-state index contributed by atoms with van der Waals surface area (Å²) in [6, 6.07) is 10.1. The van der Waals surface area contributed by atoms with Crippen LogP contribution in [0.1, 0.15) is 77.5 Å². The lowest BCUT2D eigenvalue weighted by Crippen LogP contribution is -2.49. The molecule has 7 heteroatoms. The van der Waals surface area contributed by atoms with E-state index in [1.165, 1.54) is 12.8 Å². The predicted molar refractivity (Wildman–Crippen MR) is 138 cm³/mol. The van der Waals surface area contributed by atoms with Gasteiger partial charge in [0.25, 0.3) is 0 Å². The molecule has 1 aliphatic heterocycles. The number of hydrogen-bond donors (Lipinski definition) is 0. The van der Waals surface area contributed by atoms with Gasteiger partial charge >= 0.3 is 0 Å². The highest BCUT2D eigenvalue weighted by Gasteiger charge is 2.25. The van der Waals surface area contributed by atoms with Gasteiger partial charge < -0.3 is 9.80 Å². The van der Waals surface area contributed by atoms with E-state index in [0.717, 1.165) is 80.2 Å². The molecule has 3 heterocycles. The van der Waals surface area contributed by atoms with Gasteiger partial charge in [0, 0.05) is 38.5 Å². The van der Waals surface area contributed by atoms with Crippen molar-refractivity contribution in [3.05, 3.63) is 42.4 Å². The van der Waals surface area contributed by atoms with Crippen molar-refractivity contribution in [2.45, 2.75) is 71.6 Å². The number of para-hydroxylation sites is 1. The van der Waals surface area contributed by atoms with Crippen LogP contribution >= 0.6 is 0 Å². The first kappa shape index (κ1) is 24.2. The van der Waals surface area contributed by atoms with Crippen LogP contribution in [0.3, 0.4) is 0 Å². The van der Waals surface area contributed by atoms with Crippen LogP contribution in [0.5, 0.6) is 0 Å². The number of anilines is 1. The van der Waals surface area contributed by atoms with Gasteiger partial charge in [0.15, 0.2) is 5.65 Å². The number of piperazine rings is 1. The molecule has 0 radical (unpaired) electrons. The van der Waals surface area contributed by atoms with E-state index in [4.69, 9.17) is 9.97 Å². The molecule has 2 aromatic heterocycles. The zero-order chi connectivity index (χ0) is 23.9. The number of nitrogens with zero attached hydrogens (tertiary/aromatic N) is 6. The Morgan fingerprint density at radius 3 is 2.44 bits per heavy atom. The van der Waals surface area contributed by atoms with Crippen LogP contribution in [0.2, 0.25) is 0 Å². The molecule has 1 amide bonds. The maximum atomic E-state index is 12.7. The molecule has 3 aromatic rings. The SMILES string of the molecule is CCCCCCC(=O)N1CCN(c2nc(C(C)CCC)nc3c2cnn3-c2ccccc2)CC1. The van der Waals surface area contributed by atoms with E-state index >= 15 is 0 Å². The minimum absolute atomic E-state index is 0.276. The molecule has 0 spiro atoms. The molecule has 0 aliphatic carbocycles. The number of unbranched alkanes of at least 4 members (excludes halogenated alkanes) is 3. The number of carbonyl (C=O) groups excluding carboxylic acids is 1. The van der Waals surface area contributed by atoms with E-state index in [-0.39, 0.29) is 11.8 Å². The fourth-order valence-electron chi connectivity index (χ4n) is 4.72. The molecule has 7 nitrogen and oxygen atoms in total. The summed E-state index contributed by atoms with van der Waals surface area (Å²) in [7, 11) is 0. The standard InChI is InChI=1S/C27H38N6O/c1-4-6-7-11-15-24(34)31-16-18-32(19-17-31)26-23-20-28-33(22-13-9-8-10-14-22)27(23)30-25(29-26)21(3)12-5-2/h8-10,13-14,20-21H,4-7,11-12,15-19H2,1-3H3. The Labute approximate surface area is 203 Å². The van der Waals surface area contributed by atoms with Crippen LogP contribution in [0.15, 0.2) is 36.5 Å². The maximum absolute atomic E-state index is 12.7. The maximum Gasteiger partial charge on any atom is 0.222 e. The molecule has 182 valence electrons. The first-order valence-corrected chi connectivity index (χ1v) is 13.0. The second-order valence-corrected chi connectivity index (χ2v) is 9.40. The van der Waals surface area contributed by atoms with Gasteiger partial charge in [-0.3, -0.25) is 4.79 Å². The van der Waals surface area contributed by atoms with Gasteiger partial charge in [-0.2, -0.15) is 5.10 Å². The molecule has 4 rings (SSSR count). The third-order valence-electron chi connectivity index (χ3n) is 6.76. The molecule has 1 aliphatic rings. The van der Waals surface area contributed by atoms with E-state index in [0.29, 0.717) is 6.42 Å². The smallest absolute Gasteiger partial charge is 0.222 e. The number of hydrogen-bond acceptors (Lipinski definition) is 5. The predicted octanol–water partition coefficient (Wildman–Crippen LogP) is 5.34. The Morgan fingerprint density at radius 2 is 1.74 bits per heavy atom. The lowest BCUT2D eigenvalue weighted by atomic mass is 10.1. The fraction of sp³-hybridized carbons (Fsp3) is 0.556. The molecular formula is C27H38N6O. The molecule has 0 saturated carbocycles. The Hall–Kier alpha value is -2.96. The Bertz CT molecular complexity index is 1070. The quantitative estimate of drug-likeness (QED) is 0.381. The molecule has 1 atom stereocenters. The first-order chi connectivity index (χ1) is 16.6. The van der Waals surface area contributed by atoms with Crippen LogP contribution in [0, 0.1) is 0 Å². The van der Waals surface area contributed by atoms with Crippen LogP contribution < -0.4 is 4.90 Å². The molecular weight excluding hydrogens is 424 g/mol. The zero-order valence-electron chi connectivity index (χ0n) is 20.9. The van der Waals surface area contributed by atoms with Crippen LogP contribution in [-0.4, -0.2) is 56.7 Å². The van der Waals surface area contributed by atoms with Crippen molar-refractivity contribution in [3.8, 4) is 5.69 Å². The highest BCUT2D eigenvalue weighted by molar-refractivity contribution is 5.88. The van der Waals surface area contributed by atoms with E-state index in [1.54, 1.807) is 0 Å². The van der Waals surface area contributed by atoms with Crippen molar-refractivity contribution in [3.63, 3.8) is 0 Å². The summed E-state index contributed by atoms with van der Waals surface area (Å²) in [5.74, 6) is 2.38. The fourth-order valence-corrected chi connectivity index (χ4v) is 4.72. The van der Waals surface area contributed by atoms with Crippen molar-refractivity contribution >= 4 is 22.8 Å². The van der Waals surface area contributed by atoms with Gasteiger partial charge in [-0.25, -0.2) is 14.6 Å². The number of aromatic nitrogens is 4. The van der Waals surface area contributed by atoms with Crippen LogP contribution in [0.25, 0.3) is 16.7 Å². The topological polar surface area (TPSA) is 67.2 Å². The first-order valence-electron chi connectivity index (χ1n) is 13.0. The van der Waals surface area contributed by atoms with Gasteiger partial charge in [0.2, 0.25) is 5.91 Å². The summed E-state index contributed by atoms with van der Waals surface area (Å²) in [5, 5.41) is 5.65. The van der Waals surface area contributed by atoms with E-state index in [9.17, 15) is 4.79 Å². The number of fused-ring (bicyclic) bond motifs is 1. The van der Waals surface area contributed by atoms with Gasteiger partial charge in [-0.05, 0) is 25.0 Å². The summed E-state index contributed by atoms with van der Waals surface area (Å²) in [6.45, 7) is 9.64. The van der Waals surface area contributed by atoms with E-state index < -0.39 is 0 Å². The van der Waals surface area contributed by atoms with Crippen molar-refractivity contribution in [2.75, 3.05) is 31.1 Å². The minimum atomic E-state index is 0.276. The summed E-state index contributed by atoms with van der Waals surface area (Å²) in [6.07, 6.45) is 9.24. The normalized spacial score (nSPS) is 15.1. The second kappa shape index (κ2) is 11.4. The number of rotatable bonds is 10. The van der Waals surface area contributed by atoms with E-state index in [1.807, 2.05) is 46.1 Å². The van der Waals surface area contributed by atoms with Gasteiger partial charge in [-0.15, -0.1) is 0 Å². The highest BCUT2D eigenvalue weighted by atomic mass is 16.2. The number of benzene rings is 1. The van der Waals surface area contributed by atoms with Crippen molar-refractivity contribution < 1.29 is 4.79 Å². The van der Waals surface area contributed by atoms with Crippen molar-refractivity contribution in [1.82, 2.24) is 24.6 Å². The average Bonchev–Trinajstić information content (AvgIpc) is 3.31. The second-order valence-electron chi connectivity index (χ2n) is 9.40. The molecule has 0 N–H and O–H groups in total. The Balaban J connectivity index is 1.57. The third-order valence-corrected chi connectivity index (χ3v) is 6.76. The largest absolute Gasteiger partial charge is 0.352 e. The summed E-state index contributed by atoms with van der Waals surface area (Å²) in [5.41, 5.74) is 1.85. The molecule has 34 heavy (non-hydrogen) atoms. The minimum Gasteiger partial charge on any atom is -0.352 e. The van der Waals surface area contributed by atoms with Crippen LogP contribution in [0.4, 0.5) is 5.82 Å². The molecule has 1 aromatic carbocycles. The zero-order valence-corrected chi connectivity index (χ0v) is 20.9. The van der Waals surface area contributed by atoms with Crippen molar-refractivity contribution in [2.24, 2.45) is 0 Å². The lowest BCUT2D eigenvalue weighted by Gasteiger charge is -2.36. The van der Waals surface area contributed by atoms with Gasteiger partial charge in [0.1, 0.15) is 11.6 Å². The summed E-state index contributed by atoms with van der Waals surface area (Å²) >= 11 is 0.